The van der Waals surface area contributed by atoms with Crippen molar-refractivity contribution in [3.05, 3.63) is 118 Å². The molecule has 43 heavy (non-hydrogen) atoms. The van der Waals surface area contributed by atoms with Crippen molar-refractivity contribution < 1.29 is 41.0 Å². The van der Waals surface area contributed by atoms with Crippen LogP contribution in [0.15, 0.2) is 73.3 Å². The first-order valence-corrected chi connectivity index (χ1v) is 12.7. The van der Waals surface area contributed by atoms with Gasteiger partial charge in [-0.2, -0.15) is 23.7 Å². The molecule has 5 rings (SSSR count). The predicted octanol–water partition coefficient (Wildman–Crippen LogP) is 6.84. The minimum Gasteiger partial charge on any atom is -0.618 e. The number of benzene rings is 2. The molecule has 222 valence electrons. The number of aromatic nitrogens is 5. The second-order valence-corrected chi connectivity index (χ2v) is 9.70. The Bertz CT molecular complexity index is 1830. The van der Waals surface area contributed by atoms with Crippen molar-refractivity contribution in [3.8, 4) is 22.3 Å². The molecule has 0 aliphatic heterocycles. The minimum absolute atomic E-state index is 0.0431. The zero-order valence-corrected chi connectivity index (χ0v) is 22.3. The molecule has 0 saturated heterocycles. The van der Waals surface area contributed by atoms with Crippen LogP contribution in [-0.4, -0.2) is 30.6 Å². The Balaban J connectivity index is 1.58. The van der Waals surface area contributed by atoms with Gasteiger partial charge in [-0.1, -0.05) is 23.7 Å². The van der Waals surface area contributed by atoms with Crippen molar-refractivity contribution in [1.29, 1.82) is 0 Å². The molecule has 0 saturated carbocycles. The van der Waals surface area contributed by atoms with E-state index in [4.69, 9.17) is 16.7 Å². The van der Waals surface area contributed by atoms with E-state index in [0.717, 1.165) is 36.7 Å². The average Bonchev–Trinajstić information content (AvgIpc) is 3.63. The van der Waals surface area contributed by atoms with Crippen molar-refractivity contribution in [2.75, 3.05) is 0 Å². The van der Waals surface area contributed by atoms with Crippen molar-refractivity contribution in [1.82, 2.24) is 19.6 Å². The van der Waals surface area contributed by atoms with Gasteiger partial charge in [0.1, 0.15) is 17.7 Å². The molecule has 0 spiro atoms. The van der Waals surface area contributed by atoms with E-state index in [2.05, 4.69) is 10.2 Å². The summed E-state index contributed by atoms with van der Waals surface area (Å²) in [5.41, 5.74) is -1.28. The summed E-state index contributed by atoms with van der Waals surface area (Å²) in [5.74, 6) is -3.58. The molecule has 5 aromatic rings. The number of alkyl halides is 4. The van der Waals surface area contributed by atoms with E-state index >= 15 is 0 Å². The zero-order valence-electron chi connectivity index (χ0n) is 21.5. The van der Waals surface area contributed by atoms with Crippen LogP contribution in [0.3, 0.4) is 0 Å². The summed E-state index contributed by atoms with van der Waals surface area (Å²) in [5, 5.41) is 30.0. The van der Waals surface area contributed by atoms with Crippen LogP contribution in [0.25, 0.3) is 22.3 Å². The van der Waals surface area contributed by atoms with Gasteiger partial charge in [-0.15, -0.1) is 0 Å². The summed E-state index contributed by atoms with van der Waals surface area (Å²) < 4.78 is 84.8. The maximum atomic E-state index is 14.9. The Kier molecular flexibility index (Phi) is 8.13. The lowest BCUT2D eigenvalue weighted by atomic mass is 9.99. The Morgan fingerprint density at radius 2 is 1.74 bits per heavy atom. The van der Waals surface area contributed by atoms with Crippen LogP contribution < -0.4 is 4.73 Å². The Hall–Kier alpha value is -4.85. The van der Waals surface area contributed by atoms with Gasteiger partial charge in [0.05, 0.1) is 28.0 Å². The second kappa shape index (κ2) is 11.8. The van der Waals surface area contributed by atoms with Crippen LogP contribution in [0.4, 0.5) is 26.3 Å². The first-order chi connectivity index (χ1) is 20.4. The van der Waals surface area contributed by atoms with Gasteiger partial charge in [-0.25, -0.2) is 27.0 Å². The van der Waals surface area contributed by atoms with Gasteiger partial charge in [-0.05, 0) is 35.9 Å². The fourth-order valence-electron chi connectivity index (χ4n) is 4.59. The highest BCUT2D eigenvalue weighted by Crippen LogP contribution is 2.36. The summed E-state index contributed by atoms with van der Waals surface area (Å²) >= 11 is 5.81. The molecule has 8 nitrogen and oxygen atoms in total. The molecule has 0 aliphatic rings. The lowest BCUT2D eigenvalue weighted by Gasteiger charge is -2.18. The molecule has 1 atom stereocenters. The van der Waals surface area contributed by atoms with Gasteiger partial charge >= 0.3 is 12.5 Å². The molecule has 2 aromatic carbocycles. The number of rotatable bonds is 9. The average molecular weight is 622 g/mol. The first kappa shape index (κ1) is 29.6. The molecule has 0 unspecified atom stereocenters. The number of hydrogen-bond donors (Lipinski definition) is 1. The van der Waals surface area contributed by atoms with Gasteiger partial charge in [0, 0.05) is 41.6 Å². The lowest BCUT2D eigenvalue weighted by molar-refractivity contribution is -0.615. The minimum atomic E-state index is -3.07. The van der Waals surface area contributed by atoms with E-state index in [-0.39, 0.29) is 28.9 Å². The summed E-state index contributed by atoms with van der Waals surface area (Å²) in [4.78, 5) is 11.2. The molecule has 15 heteroatoms. The third-order valence-electron chi connectivity index (χ3n) is 6.66. The van der Waals surface area contributed by atoms with Gasteiger partial charge in [0.2, 0.25) is 5.69 Å². The Morgan fingerprint density at radius 1 is 1.00 bits per heavy atom. The first-order valence-electron chi connectivity index (χ1n) is 12.3. The topological polar surface area (TPSA) is 99.9 Å². The van der Waals surface area contributed by atoms with Crippen LogP contribution in [0.1, 0.15) is 46.3 Å². The SMILES string of the molecule is O=C(O)c1ccc(-c2cnn([C@@H](Cc3ccn(C(F)F)n3)c3ccc(-c4c(C(F)F)ccc(Cl)c4F)c[n+]3[O-])c2)cc1F. The summed E-state index contributed by atoms with van der Waals surface area (Å²) in [6.45, 7) is -2.92. The molecule has 0 radical (unpaired) electrons. The molecule has 0 fully saturated rings. The van der Waals surface area contributed by atoms with Crippen molar-refractivity contribution in [2.45, 2.75) is 25.4 Å². The number of carboxylic acids is 1. The number of pyridine rings is 1. The summed E-state index contributed by atoms with van der Waals surface area (Å²) in [7, 11) is 0. The molecule has 0 aliphatic carbocycles. The Labute approximate surface area is 243 Å². The molecular formula is C28H18ClF6N5O3. The molecule has 3 aromatic heterocycles. The van der Waals surface area contributed by atoms with Gasteiger partial charge in [0.15, 0.2) is 6.20 Å². The third kappa shape index (κ3) is 5.91. The number of carbonyl (C=O) groups is 1. The number of hydrogen-bond acceptors (Lipinski definition) is 4. The maximum absolute atomic E-state index is 14.9. The molecular weight excluding hydrogens is 604 g/mol. The normalized spacial score (nSPS) is 12.3. The van der Waals surface area contributed by atoms with Crippen LogP contribution in [0, 0.1) is 16.8 Å². The highest BCUT2D eigenvalue weighted by atomic mass is 35.5. The molecule has 0 bridgehead atoms. The number of aromatic carboxylic acids is 1. The van der Waals surface area contributed by atoms with Crippen LogP contribution in [0.5, 0.6) is 0 Å². The van der Waals surface area contributed by atoms with E-state index in [1.165, 1.54) is 41.3 Å². The highest BCUT2D eigenvalue weighted by Gasteiger charge is 2.28. The van der Waals surface area contributed by atoms with E-state index in [9.17, 15) is 36.3 Å². The maximum Gasteiger partial charge on any atom is 0.338 e. The predicted molar refractivity (Wildman–Crippen MR) is 141 cm³/mol. The molecule has 3 heterocycles. The van der Waals surface area contributed by atoms with Crippen molar-refractivity contribution in [3.63, 3.8) is 0 Å². The van der Waals surface area contributed by atoms with E-state index in [1.807, 2.05) is 0 Å². The lowest BCUT2D eigenvalue weighted by Crippen LogP contribution is -2.36. The van der Waals surface area contributed by atoms with Crippen molar-refractivity contribution >= 4 is 17.6 Å². The van der Waals surface area contributed by atoms with Crippen molar-refractivity contribution in [2.24, 2.45) is 0 Å². The second-order valence-electron chi connectivity index (χ2n) is 9.29. The van der Waals surface area contributed by atoms with Gasteiger partial charge in [0.25, 0.3) is 6.43 Å². The highest BCUT2D eigenvalue weighted by molar-refractivity contribution is 6.31. The molecule has 0 amide bonds. The Morgan fingerprint density at radius 3 is 2.37 bits per heavy atom. The van der Waals surface area contributed by atoms with Gasteiger partial charge in [-0.3, -0.25) is 4.68 Å². The number of halogens is 7. The summed E-state index contributed by atoms with van der Waals surface area (Å²) in [6.07, 6.45) is 1.44. The smallest absolute Gasteiger partial charge is 0.338 e. The largest absolute Gasteiger partial charge is 0.618 e. The van der Waals surface area contributed by atoms with Crippen LogP contribution in [-0.2, 0) is 6.42 Å². The monoisotopic (exact) mass is 621 g/mol. The summed E-state index contributed by atoms with van der Waals surface area (Å²) in [6, 6.07) is 8.12. The quantitative estimate of drug-likeness (QED) is 0.110. The van der Waals surface area contributed by atoms with E-state index in [1.54, 1.807) is 0 Å². The van der Waals surface area contributed by atoms with Crippen LogP contribution >= 0.6 is 11.6 Å². The van der Waals surface area contributed by atoms with Crippen LogP contribution in [0.2, 0.25) is 5.02 Å². The zero-order chi connectivity index (χ0) is 31.0. The van der Waals surface area contributed by atoms with Gasteiger partial charge < -0.3 is 10.3 Å². The van der Waals surface area contributed by atoms with E-state index < -0.39 is 58.3 Å². The standard InChI is InChI=1S/C28H18ClF6N5O3/c29-20-5-4-19(26(32)33)24(25(20)31)15-2-6-22(40(43)13-15)23(10-17-7-8-38(37-17)28(34)35)39-12-16(11-36-39)14-1-3-18(27(41)42)21(30)9-14/h1-9,11-13,23,26,28H,10H2,(H,41,42)/t23-/m0/s1. The number of nitrogens with zero attached hydrogens (tertiary/aromatic N) is 5. The molecule has 1 N–H and O–H groups in total. The fourth-order valence-corrected chi connectivity index (χ4v) is 4.75. The third-order valence-corrected chi connectivity index (χ3v) is 6.95. The fraction of sp³-hybridized carbons (Fsp3) is 0.143. The van der Waals surface area contributed by atoms with E-state index in [0.29, 0.717) is 15.0 Å². The number of carboxylic acid groups (broad SMARTS) is 1.